The van der Waals surface area contributed by atoms with Crippen molar-refractivity contribution in [3.63, 3.8) is 0 Å². The first kappa shape index (κ1) is 13.9. The number of benzene rings is 1. The Labute approximate surface area is 127 Å². The van der Waals surface area contributed by atoms with E-state index in [1.54, 1.807) is 6.20 Å². The largest absolute Gasteiger partial charge is 0.378 e. The SMILES string of the molecule is Nc1ncc(Nc2ccc(Cl)cc2)c(N2CCOCC2)n1. The van der Waals surface area contributed by atoms with E-state index in [0.717, 1.165) is 30.3 Å². The standard InChI is InChI=1S/C14H16ClN5O/c15-10-1-3-11(4-2-10)18-12-9-17-14(16)19-13(12)20-5-7-21-8-6-20/h1-4,9,18H,5-8H2,(H2,16,17,19). The monoisotopic (exact) mass is 305 g/mol. The fourth-order valence-electron chi connectivity index (χ4n) is 2.18. The summed E-state index contributed by atoms with van der Waals surface area (Å²) in [5.41, 5.74) is 7.45. The van der Waals surface area contributed by atoms with Crippen molar-refractivity contribution in [2.75, 3.05) is 42.3 Å². The molecule has 0 amide bonds. The van der Waals surface area contributed by atoms with Crippen LogP contribution in [-0.4, -0.2) is 36.3 Å². The molecule has 6 nitrogen and oxygen atoms in total. The molecule has 1 fully saturated rings. The Morgan fingerprint density at radius 1 is 1.19 bits per heavy atom. The normalized spacial score (nSPS) is 15.0. The molecule has 0 bridgehead atoms. The van der Waals surface area contributed by atoms with E-state index in [0.29, 0.717) is 18.2 Å². The van der Waals surface area contributed by atoms with Crippen LogP contribution in [0.3, 0.4) is 0 Å². The van der Waals surface area contributed by atoms with Gasteiger partial charge in [-0.05, 0) is 24.3 Å². The van der Waals surface area contributed by atoms with E-state index in [1.807, 2.05) is 24.3 Å². The molecule has 0 saturated carbocycles. The predicted octanol–water partition coefficient (Wildman–Crippen LogP) is 2.29. The molecule has 0 atom stereocenters. The van der Waals surface area contributed by atoms with Crippen LogP contribution in [0, 0.1) is 0 Å². The number of nitrogens with one attached hydrogen (secondary N) is 1. The fraction of sp³-hybridized carbons (Fsp3) is 0.286. The molecular weight excluding hydrogens is 290 g/mol. The van der Waals surface area contributed by atoms with Crippen molar-refractivity contribution in [3.8, 4) is 0 Å². The first-order valence-electron chi connectivity index (χ1n) is 6.70. The van der Waals surface area contributed by atoms with Crippen molar-refractivity contribution >= 4 is 34.7 Å². The zero-order valence-electron chi connectivity index (χ0n) is 11.4. The van der Waals surface area contributed by atoms with Gasteiger partial charge in [-0.25, -0.2) is 4.98 Å². The van der Waals surface area contributed by atoms with Crippen molar-refractivity contribution in [3.05, 3.63) is 35.5 Å². The Kier molecular flexibility index (Phi) is 4.08. The van der Waals surface area contributed by atoms with Crippen molar-refractivity contribution in [1.29, 1.82) is 0 Å². The lowest BCUT2D eigenvalue weighted by Crippen LogP contribution is -2.37. The highest BCUT2D eigenvalue weighted by molar-refractivity contribution is 6.30. The molecule has 0 radical (unpaired) electrons. The highest BCUT2D eigenvalue weighted by Gasteiger charge is 2.17. The van der Waals surface area contributed by atoms with E-state index in [2.05, 4.69) is 20.2 Å². The summed E-state index contributed by atoms with van der Waals surface area (Å²) in [6.07, 6.45) is 1.70. The molecular formula is C14H16ClN5O. The van der Waals surface area contributed by atoms with Crippen molar-refractivity contribution in [2.45, 2.75) is 0 Å². The number of nitrogens with two attached hydrogens (primary N) is 1. The van der Waals surface area contributed by atoms with Crippen LogP contribution in [0.4, 0.5) is 23.1 Å². The molecule has 1 aliphatic heterocycles. The van der Waals surface area contributed by atoms with Crippen LogP contribution in [0.1, 0.15) is 0 Å². The van der Waals surface area contributed by atoms with E-state index in [-0.39, 0.29) is 5.95 Å². The van der Waals surface area contributed by atoms with Crippen molar-refractivity contribution in [2.24, 2.45) is 0 Å². The third-order valence-electron chi connectivity index (χ3n) is 3.22. The maximum Gasteiger partial charge on any atom is 0.222 e. The van der Waals surface area contributed by atoms with E-state index in [1.165, 1.54) is 0 Å². The first-order chi connectivity index (χ1) is 10.2. The highest BCUT2D eigenvalue weighted by Crippen LogP contribution is 2.28. The van der Waals surface area contributed by atoms with Crippen molar-refractivity contribution < 1.29 is 4.74 Å². The van der Waals surface area contributed by atoms with Gasteiger partial charge in [0, 0.05) is 23.8 Å². The van der Waals surface area contributed by atoms with Gasteiger partial charge in [0.25, 0.3) is 0 Å². The average Bonchev–Trinajstić information content (AvgIpc) is 2.52. The van der Waals surface area contributed by atoms with Gasteiger partial charge in [-0.3, -0.25) is 0 Å². The second-order valence-electron chi connectivity index (χ2n) is 4.70. The number of nitrogen functional groups attached to an aromatic ring is 1. The third-order valence-corrected chi connectivity index (χ3v) is 3.47. The molecule has 110 valence electrons. The maximum atomic E-state index is 5.90. The molecule has 1 saturated heterocycles. The number of anilines is 4. The number of rotatable bonds is 3. The van der Waals surface area contributed by atoms with Gasteiger partial charge in [0.05, 0.1) is 19.4 Å². The molecule has 0 unspecified atom stereocenters. The first-order valence-corrected chi connectivity index (χ1v) is 7.08. The molecule has 3 N–H and O–H groups in total. The van der Waals surface area contributed by atoms with Crippen LogP contribution in [-0.2, 0) is 4.74 Å². The minimum absolute atomic E-state index is 0.262. The summed E-state index contributed by atoms with van der Waals surface area (Å²) in [6, 6.07) is 7.47. The lowest BCUT2D eigenvalue weighted by molar-refractivity contribution is 0.122. The van der Waals surface area contributed by atoms with Gasteiger partial charge in [-0.2, -0.15) is 4.98 Å². The topological polar surface area (TPSA) is 76.3 Å². The summed E-state index contributed by atoms with van der Waals surface area (Å²) >= 11 is 5.90. The molecule has 1 aliphatic rings. The molecule has 0 spiro atoms. The highest BCUT2D eigenvalue weighted by atomic mass is 35.5. The van der Waals surface area contributed by atoms with Crippen LogP contribution in [0.5, 0.6) is 0 Å². The number of hydrogen-bond donors (Lipinski definition) is 2. The molecule has 1 aromatic carbocycles. The zero-order valence-corrected chi connectivity index (χ0v) is 12.2. The molecule has 1 aromatic heterocycles. The van der Waals surface area contributed by atoms with E-state index < -0.39 is 0 Å². The number of morpholine rings is 1. The predicted molar refractivity (Wildman–Crippen MR) is 84.2 cm³/mol. The second-order valence-corrected chi connectivity index (χ2v) is 5.13. The van der Waals surface area contributed by atoms with Gasteiger partial charge in [-0.1, -0.05) is 11.6 Å². The molecule has 21 heavy (non-hydrogen) atoms. The summed E-state index contributed by atoms with van der Waals surface area (Å²) in [4.78, 5) is 10.6. The lowest BCUT2D eigenvalue weighted by atomic mass is 10.3. The summed E-state index contributed by atoms with van der Waals surface area (Å²) in [5.74, 6) is 1.05. The number of ether oxygens (including phenoxy) is 1. The Bertz CT molecular complexity index is 613. The maximum absolute atomic E-state index is 5.90. The quantitative estimate of drug-likeness (QED) is 0.906. The molecule has 2 aromatic rings. The molecule has 7 heteroatoms. The number of aromatic nitrogens is 2. The average molecular weight is 306 g/mol. The minimum atomic E-state index is 0.262. The van der Waals surface area contributed by atoms with Gasteiger partial charge in [-0.15, -0.1) is 0 Å². The summed E-state index contributed by atoms with van der Waals surface area (Å²) in [6.45, 7) is 2.94. The smallest absolute Gasteiger partial charge is 0.222 e. The van der Waals surface area contributed by atoms with Crippen LogP contribution < -0.4 is 16.0 Å². The molecule has 3 rings (SSSR count). The fourth-order valence-corrected chi connectivity index (χ4v) is 2.31. The Morgan fingerprint density at radius 2 is 1.90 bits per heavy atom. The summed E-state index contributed by atoms with van der Waals surface area (Å²) in [7, 11) is 0. The van der Waals surface area contributed by atoms with Crippen molar-refractivity contribution in [1.82, 2.24) is 9.97 Å². The molecule has 0 aliphatic carbocycles. The van der Waals surface area contributed by atoms with Gasteiger partial charge in [0.2, 0.25) is 5.95 Å². The molecule has 2 heterocycles. The second kappa shape index (κ2) is 6.15. The minimum Gasteiger partial charge on any atom is -0.378 e. The van der Waals surface area contributed by atoms with Gasteiger partial charge in [0.15, 0.2) is 5.82 Å². The van der Waals surface area contributed by atoms with Crippen LogP contribution >= 0.6 is 11.6 Å². The van der Waals surface area contributed by atoms with E-state index in [9.17, 15) is 0 Å². The Balaban J connectivity index is 1.88. The Morgan fingerprint density at radius 3 is 2.62 bits per heavy atom. The van der Waals surface area contributed by atoms with Crippen LogP contribution in [0.15, 0.2) is 30.5 Å². The lowest BCUT2D eigenvalue weighted by Gasteiger charge is -2.29. The van der Waals surface area contributed by atoms with Gasteiger partial charge in [0.1, 0.15) is 5.69 Å². The van der Waals surface area contributed by atoms with E-state index in [4.69, 9.17) is 22.1 Å². The number of nitrogens with zero attached hydrogens (tertiary/aromatic N) is 3. The summed E-state index contributed by atoms with van der Waals surface area (Å²) < 4.78 is 5.37. The van der Waals surface area contributed by atoms with Crippen LogP contribution in [0.25, 0.3) is 0 Å². The Hall–Kier alpha value is -2.05. The third kappa shape index (κ3) is 3.34. The van der Waals surface area contributed by atoms with Crippen LogP contribution in [0.2, 0.25) is 5.02 Å². The van der Waals surface area contributed by atoms with Gasteiger partial charge < -0.3 is 20.7 Å². The number of halogens is 1. The number of hydrogen-bond acceptors (Lipinski definition) is 6. The van der Waals surface area contributed by atoms with Gasteiger partial charge >= 0.3 is 0 Å². The zero-order chi connectivity index (χ0) is 14.7. The summed E-state index contributed by atoms with van der Waals surface area (Å²) in [5, 5.41) is 4.00. The van der Waals surface area contributed by atoms with E-state index >= 15 is 0 Å².